The summed E-state index contributed by atoms with van der Waals surface area (Å²) in [4.78, 5) is 0. The fourth-order valence-corrected chi connectivity index (χ4v) is 2.09. The predicted octanol–water partition coefficient (Wildman–Crippen LogP) is 2.69. The average Bonchev–Trinajstić information content (AvgIpc) is 2.27. The summed E-state index contributed by atoms with van der Waals surface area (Å²) in [7, 11) is 0. The zero-order valence-electron chi connectivity index (χ0n) is 9.88. The second-order valence-corrected chi connectivity index (χ2v) is 5.17. The lowest BCUT2D eigenvalue weighted by Gasteiger charge is -2.50. The molecular formula is C12H22O3. The number of unbranched alkanes of at least 4 members (excludes halogenated alkanes) is 3. The van der Waals surface area contributed by atoms with E-state index in [4.69, 9.17) is 14.2 Å². The van der Waals surface area contributed by atoms with Gasteiger partial charge in [0, 0.05) is 11.8 Å². The summed E-state index contributed by atoms with van der Waals surface area (Å²) >= 11 is 0. The molecule has 0 aromatic rings. The van der Waals surface area contributed by atoms with Crippen LogP contribution < -0.4 is 0 Å². The summed E-state index contributed by atoms with van der Waals surface area (Å²) in [6, 6.07) is 0. The van der Waals surface area contributed by atoms with Crippen LogP contribution in [0.1, 0.15) is 46.0 Å². The maximum absolute atomic E-state index is 5.70. The van der Waals surface area contributed by atoms with Crippen molar-refractivity contribution in [2.75, 3.05) is 19.8 Å². The molecule has 0 spiro atoms. The van der Waals surface area contributed by atoms with Gasteiger partial charge in [0.2, 0.25) is 0 Å². The summed E-state index contributed by atoms with van der Waals surface area (Å²) in [6.45, 7) is 6.70. The van der Waals surface area contributed by atoms with E-state index in [-0.39, 0.29) is 5.41 Å². The molecule has 0 radical (unpaired) electrons. The molecule has 3 aliphatic rings. The second-order valence-electron chi connectivity index (χ2n) is 5.17. The van der Waals surface area contributed by atoms with Crippen LogP contribution in [-0.2, 0) is 14.2 Å². The van der Waals surface area contributed by atoms with Crippen LogP contribution in [-0.4, -0.2) is 25.8 Å². The number of hydrogen-bond acceptors (Lipinski definition) is 3. The van der Waals surface area contributed by atoms with Crippen LogP contribution in [0.15, 0.2) is 0 Å². The molecule has 3 aliphatic heterocycles. The zero-order chi connectivity index (χ0) is 10.8. The zero-order valence-corrected chi connectivity index (χ0v) is 9.88. The highest BCUT2D eigenvalue weighted by Crippen LogP contribution is 2.40. The molecule has 0 saturated carbocycles. The normalized spacial score (nSPS) is 39.6. The first-order valence-corrected chi connectivity index (χ1v) is 6.10. The summed E-state index contributed by atoms with van der Waals surface area (Å²) < 4.78 is 17.1. The number of hydrogen-bond donors (Lipinski definition) is 0. The number of ether oxygens (including phenoxy) is 3. The van der Waals surface area contributed by atoms with Gasteiger partial charge in [-0.2, -0.15) is 0 Å². The number of fused-ring (bicyclic) bond motifs is 3. The molecular weight excluding hydrogens is 192 g/mol. The Balaban J connectivity index is 1.77. The highest BCUT2D eigenvalue weighted by Gasteiger charge is 2.49. The topological polar surface area (TPSA) is 27.7 Å². The molecule has 0 atom stereocenters. The van der Waals surface area contributed by atoms with Crippen LogP contribution >= 0.6 is 0 Å². The second kappa shape index (κ2) is 4.40. The van der Waals surface area contributed by atoms with E-state index >= 15 is 0 Å². The highest BCUT2D eigenvalue weighted by molar-refractivity contribution is 4.84. The van der Waals surface area contributed by atoms with Crippen LogP contribution in [0.25, 0.3) is 0 Å². The third-order valence-electron chi connectivity index (χ3n) is 3.26. The Hall–Kier alpha value is -0.120. The molecule has 3 rings (SSSR count). The van der Waals surface area contributed by atoms with Gasteiger partial charge in [0.05, 0.1) is 19.8 Å². The van der Waals surface area contributed by atoms with Crippen LogP contribution in [0.5, 0.6) is 0 Å². The van der Waals surface area contributed by atoms with Crippen molar-refractivity contribution in [1.82, 2.24) is 0 Å². The van der Waals surface area contributed by atoms with Crippen molar-refractivity contribution >= 4 is 0 Å². The van der Waals surface area contributed by atoms with E-state index in [2.05, 4.69) is 13.8 Å². The maximum atomic E-state index is 5.70. The third kappa shape index (κ3) is 2.52. The summed E-state index contributed by atoms with van der Waals surface area (Å²) in [5.41, 5.74) is 0.0885. The first-order chi connectivity index (χ1) is 7.18. The third-order valence-corrected chi connectivity index (χ3v) is 3.26. The van der Waals surface area contributed by atoms with E-state index in [1.807, 2.05) is 0 Å². The van der Waals surface area contributed by atoms with Crippen molar-refractivity contribution in [2.24, 2.45) is 5.41 Å². The Bertz CT molecular complexity index is 190. The molecule has 3 fully saturated rings. The molecule has 3 heteroatoms. The first-order valence-electron chi connectivity index (χ1n) is 6.10. The van der Waals surface area contributed by atoms with E-state index < -0.39 is 5.97 Å². The molecule has 0 aromatic heterocycles. The Morgan fingerprint density at radius 2 is 1.53 bits per heavy atom. The lowest BCUT2D eigenvalue weighted by molar-refractivity contribution is -0.467. The van der Waals surface area contributed by atoms with Gasteiger partial charge in [-0.05, 0) is 6.42 Å². The molecule has 0 N–H and O–H groups in total. The molecule has 3 saturated heterocycles. The van der Waals surface area contributed by atoms with Crippen molar-refractivity contribution < 1.29 is 14.2 Å². The van der Waals surface area contributed by atoms with Gasteiger partial charge < -0.3 is 14.2 Å². The first kappa shape index (κ1) is 11.4. The molecule has 0 unspecified atom stereocenters. The largest absolute Gasteiger partial charge is 0.327 e. The van der Waals surface area contributed by atoms with E-state index in [0.29, 0.717) is 0 Å². The Labute approximate surface area is 92.1 Å². The Morgan fingerprint density at radius 3 is 2.07 bits per heavy atom. The van der Waals surface area contributed by atoms with Gasteiger partial charge in [0.25, 0.3) is 5.97 Å². The average molecular weight is 214 g/mol. The van der Waals surface area contributed by atoms with Crippen molar-refractivity contribution in [1.29, 1.82) is 0 Å². The van der Waals surface area contributed by atoms with Gasteiger partial charge in [0.1, 0.15) is 0 Å². The molecule has 2 bridgehead atoms. The fraction of sp³-hybridized carbons (Fsp3) is 1.00. The Kier molecular flexibility index (Phi) is 3.33. The fourth-order valence-electron chi connectivity index (χ4n) is 2.09. The predicted molar refractivity (Wildman–Crippen MR) is 57.5 cm³/mol. The van der Waals surface area contributed by atoms with Gasteiger partial charge in [-0.3, -0.25) is 0 Å². The molecule has 3 heterocycles. The molecule has 0 amide bonds. The molecule has 15 heavy (non-hydrogen) atoms. The van der Waals surface area contributed by atoms with Gasteiger partial charge in [-0.15, -0.1) is 0 Å². The smallest absolute Gasteiger partial charge is 0.282 e. The van der Waals surface area contributed by atoms with Gasteiger partial charge in [0.15, 0.2) is 0 Å². The lowest BCUT2D eigenvalue weighted by Crippen LogP contribution is -2.58. The van der Waals surface area contributed by atoms with E-state index in [1.54, 1.807) is 0 Å². The Morgan fingerprint density at radius 1 is 0.933 bits per heavy atom. The highest BCUT2D eigenvalue weighted by atomic mass is 16.9. The van der Waals surface area contributed by atoms with Crippen LogP contribution in [0.2, 0.25) is 0 Å². The van der Waals surface area contributed by atoms with Crippen LogP contribution in [0, 0.1) is 5.41 Å². The lowest BCUT2D eigenvalue weighted by atomic mass is 9.91. The van der Waals surface area contributed by atoms with Crippen LogP contribution in [0.3, 0.4) is 0 Å². The standard InChI is InChI=1S/C12H22O3/c1-3-4-5-6-7-12-13-8-11(2,9-14-12)10-15-12/h3-10H2,1-2H3. The monoisotopic (exact) mass is 214 g/mol. The maximum Gasteiger partial charge on any atom is 0.282 e. The SMILES string of the molecule is CCCCCCC12OCC(C)(CO1)CO2. The summed E-state index contributed by atoms with van der Waals surface area (Å²) in [5.74, 6) is -0.689. The van der Waals surface area contributed by atoms with Gasteiger partial charge >= 0.3 is 0 Å². The van der Waals surface area contributed by atoms with Gasteiger partial charge in [-0.25, -0.2) is 0 Å². The summed E-state index contributed by atoms with van der Waals surface area (Å²) in [6.07, 6.45) is 5.79. The van der Waals surface area contributed by atoms with Crippen LogP contribution in [0.4, 0.5) is 0 Å². The van der Waals surface area contributed by atoms with Crippen molar-refractivity contribution in [3.8, 4) is 0 Å². The summed E-state index contributed by atoms with van der Waals surface area (Å²) in [5, 5.41) is 0. The quantitative estimate of drug-likeness (QED) is 0.658. The molecule has 0 aliphatic carbocycles. The minimum Gasteiger partial charge on any atom is -0.327 e. The minimum absolute atomic E-state index is 0.0885. The molecule has 88 valence electrons. The van der Waals surface area contributed by atoms with Crippen molar-refractivity contribution in [3.05, 3.63) is 0 Å². The van der Waals surface area contributed by atoms with Crippen molar-refractivity contribution in [2.45, 2.75) is 51.9 Å². The van der Waals surface area contributed by atoms with E-state index in [9.17, 15) is 0 Å². The molecule has 3 nitrogen and oxygen atoms in total. The van der Waals surface area contributed by atoms with Gasteiger partial charge in [-0.1, -0.05) is 33.1 Å². The minimum atomic E-state index is -0.689. The van der Waals surface area contributed by atoms with Crippen molar-refractivity contribution in [3.63, 3.8) is 0 Å². The molecule has 0 aromatic carbocycles. The van der Waals surface area contributed by atoms with E-state index in [1.165, 1.54) is 19.3 Å². The number of rotatable bonds is 5. The van der Waals surface area contributed by atoms with E-state index in [0.717, 1.165) is 32.7 Å².